The number of aryl methyl sites for hydroxylation is 1. The number of thioether (sulfide) groups is 2. The van der Waals surface area contributed by atoms with E-state index in [-0.39, 0.29) is 11.7 Å². The summed E-state index contributed by atoms with van der Waals surface area (Å²) in [6.07, 6.45) is 1.78. The zero-order chi connectivity index (χ0) is 17.5. The Morgan fingerprint density at radius 1 is 1.33 bits per heavy atom. The maximum absolute atomic E-state index is 12.1. The van der Waals surface area contributed by atoms with Gasteiger partial charge in [-0.15, -0.1) is 27.0 Å². The molecule has 0 aromatic carbocycles. The molecule has 1 amide bonds. The minimum atomic E-state index is -0.137. The SMILES string of the molecule is C=CCn1c(C)nnc1SCC(=O)Nc1nnc(SCC(C)C)s1. The third kappa shape index (κ3) is 5.60. The van der Waals surface area contributed by atoms with Gasteiger partial charge in [-0.3, -0.25) is 10.1 Å². The van der Waals surface area contributed by atoms with Gasteiger partial charge >= 0.3 is 0 Å². The summed E-state index contributed by atoms with van der Waals surface area (Å²) in [7, 11) is 0. The van der Waals surface area contributed by atoms with Gasteiger partial charge in [-0.2, -0.15) is 0 Å². The average molecular weight is 385 g/mol. The van der Waals surface area contributed by atoms with Crippen molar-refractivity contribution in [2.24, 2.45) is 5.92 Å². The monoisotopic (exact) mass is 384 g/mol. The number of amides is 1. The molecule has 0 aliphatic carbocycles. The van der Waals surface area contributed by atoms with Gasteiger partial charge in [0, 0.05) is 12.3 Å². The van der Waals surface area contributed by atoms with Crippen molar-refractivity contribution in [3.63, 3.8) is 0 Å². The van der Waals surface area contributed by atoms with Crippen LogP contribution in [0.4, 0.5) is 5.13 Å². The molecule has 2 aromatic heterocycles. The number of nitrogens with zero attached hydrogens (tertiary/aromatic N) is 5. The Bertz CT molecular complexity index is 696. The fourth-order valence-electron chi connectivity index (χ4n) is 1.65. The second-order valence-electron chi connectivity index (χ2n) is 5.34. The third-order valence-electron chi connectivity index (χ3n) is 2.74. The van der Waals surface area contributed by atoms with E-state index in [0.29, 0.717) is 22.8 Å². The molecular weight excluding hydrogens is 364 g/mol. The standard InChI is InChI=1S/C14H20N6OS3/c1-5-6-20-10(4)16-18-13(20)22-8-11(21)15-12-17-19-14(24-12)23-7-9(2)3/h5,9H,1,6-8H2,2-4H3,(H,15,17,21). The second kappa shape index (κ2) is 9.19. The van der Waals surface area contributed by atoms with Crippen molar-refractivity contribution in [1.29, 1.82) is 0 Å². The van der Waals surface area contributed by atoms with Crippen LogP contribution < -0.4 is 5.32 Å². The number of carbonyl (C=O) groups excluding carboxylic acids is 1. The number of rotatable bonds is 9. The zero-order valence-corrected chi connectivity index (χ0v) is 16.3. The highest BCUT2D eigenvalue weighted by atomic mass is 32.2. The molecule has 7 nitrogen and oxygen atoms in total. The molecule has 10 heteroatoms. The van der Waals surface area contributed by atoms with E-state index in [1.165, 1.54) is 23.1 Å². The van der Waals surface area contributed by atoms with Crippen LogP contribution in [0, 0.1) is 12.8 Å². The highest BCUT2D eigenvalue weighted by Gasteiger charge is 2.13. The van der Waals surface area contributed by atoms with Gasteiger partial charge in [-0.05, 0) is 12.8 Å². The predicted molar refractivity (Wildman–Crippen MR) is 99.8 cm³/mol. The van der Waals surface area contributed by atoms with Gasteiger partial charge in [0.05, 0.1) is 5.75 Å². The van der Waals surface area contributed by atoms with Crippen molar-refractivity contribution in [2.45, 2.75) is 36.8 Å². The van der Waals surface area contributed by atoms with Crippen LogP contribution >= 0.6 is 34.9 Å². The van der Waals surface area contributed by atoms with Gasteiger partial charge in [-0.25, -0.2) is 0 Å². The van der Waals surface area contributed by atoms with Crippen molar-refractivity contribution in [2.75, 3.05) is 16.8 Å². The molecule has 0 bridgehead atoms. The Balaban J connectivity index is 1.84. The Hall–Kier alpha value is -1.39. The van der Waals surface area contributed by atoms with Crippen LogP contribution in [-0.4, -0.2) is 42.4 Å². The molecule has 0 spiro atoms. The fraction of sp³-hybridized carbons (Fsp3) is 0.500. The van der Waals surface area contributed by atoms with Crippen molar-refractivity contribution in [1.82, 2.24) is 25.0 Å². The molecule has 130 valence electrons. The first kappa shape index (κ1) is 18.9. The summed E-state index contributed by atoms with van der Waals surface area (Å²) >= 11 is 4.38. The third-order valence-corrected chi connectivity index (χ3v) is 6.10. The number of allylic oxidation sites excluding steroid dienone is 1. The van der Waals surface area contributed by atoms with Crippen LogP contribution in [0.15, 0.2) is 22.2 Å². The lowest BCUT2D eigenvalue weighted by molar-refractivity contribution is -0.113. The highest BCUT2D eigenvalue weighted by Crippen LogP contribution is 2.27. The van der Waals surface area contributed by atoms with E-state index in [9.17, 15) is 4.79 Å². The first-order valence-corrected chi connectivity index (χ1v) is 10.2. The summed E-state index contributed by atoms with van der Waals surface area (Å²) in [5.74, 6) is 2.47. The van der Waals surface area contributed by atoms with Gasteiger partial charge < -0.3 is 4.57 Å². The van der Waals surface area contributed by atoms with Crippen molar-refractivity contribution in [3.05, 3.63) is 18.5 Å². The minimum absolute atomic E-state index is 0.137. The Labute approximate surface area is 153 Å². The first-order valence-electron chi connectivity index (χ1n) is 7.39. The van der Waals surface area contributed by atoms with Crippen LogP contribution in [0.5, 0.6) is 0 Å². The largest absolute Gasteiger partial charge is 0.302 e. The molecule has 2 heterocycles. The van der Waals surface area contributed by atoms with Gasteiger partial charge in [0.25, 0.3) is 0 Å². The van der Waals surface area contributed by atoms with Crippen molar-refractivity contribution >= 4 is 45.9 Å². The Morgan fingerprint density at radius 2 is 2.12 bits per heavy atom. The lowest BCUT2D eigenvalue weighted by atomic mass is 10.3. The molecule has 0 radical (unpaired) electrons. The van der Waals surface area contributed by atoms with E-state index in [2.05, 4.69) is 46.1 Å². The van der Waals surface area contributed by atoms with Crippen molar-refractivity contribution in [3.8, 4) is 0 Å². The summed E-state index contributed by atoms with van der Waals surface area (Å²) in [5.41, 5.74) is 0. The van der Waals surface area contributed by atoms with Gasteiger partial charge in [0.2, 0.25) is 11.0 Å². The molecule has 0 aliphatic heterocycles. The Morgan fingerprint density at radius 3 is 2.83 bits per heavy atom. The number of hydrogen-bond acceptors (Lipinski definition) is 8. The van der Waals surface area contributed by atoms with E-state index < -0.39 is 0 Å². The smallest absolute Gasteiger partial charge is 0.236 e. The fourth-order valence-corrected chi connectivity index (χ4v) is 4.19. The molecule has 24 heavy (non-hydrogen) atoms. The predicted octanol–water partition coefficient (Wildman–Crippen LogP) is 3.10. The van der Waals surface area contributed by atoms with Gasteiger partial charge in [0.1, 0.15) is 5.82 Å². The summed E-state index contributed by atoms with van der Waals surface area (Å²) in [6, 6.07) is 0. The van der Waals surface area contributed by atoms with Crippen LogP contribution in [0.1, 0.15) is 19.7 Å². The first-order chi connectivity index (χ1) is 11.5. The van der Waals surface area contributed by atoms with Crippen LogP contribution in [-0.2, 0) is 11.3 Å². The van der Waals surface area contributed by atoms with Crippen LogP contribution in [0.25, 0.3) is 0 Å². The minimum Gasteiger partial charge on any atom is -0.302 e. The lowest BCUT2D eigenvalue weighted by Crippen LogP contribution is -2.14. The van der Waals surface area contributed by atoms with E-state index >= 15 is 0 Å². The quantitative estimate of drug-likeness (QED) is 0.404. The van der Waals surface area contributed by atoms with Crippen molar-refractivity contribution < 1.29 is 4.79 Å². The molecule has 0 unspecified atom stereocenters. The second-order valence-corrected chi connectivity index (χ2v) is 8.53. The van der Waals surface area contributed by atoms with Crippen LogP contribution in [0.3, 0.4) is 0 Å². The lowest BCUT2D eigenvalue weighted by Gasteiger charge is -2.04. The van der Waals surface area contributed by atoms with Gasteiger partial charge in [0.15, 0.2) is 9.50 Å². The van der Waals surface area contributed by atoms with E-state index in [1.807, 2.05) is 11.5 Å². The van der Waals surface area contributed by atoms with E-state index in [4.69, 9.17) is 0 Å². The zero-order valence-electron chi connectivity index (χ0n) is 13.9. The number of carbonyl (C=O) groups is 1. The molecule has 0 aliphatic rings. The van der Waals surface area contributed by atoms with Gasteiger partial charge in [-0.1, -0.05) is 54.8 Å². The molecule has 1 N–H and O–H groups in total. The topological polar surface area (TPSA) is 85.6 Å². The normalized spacial score (nSPS) is 11.0. The number of nitrogens with one attached hydrogen (secondary N) is 1. The number of aromatic nitrogens is 5. The molecule has 2 rings (SSSR count). The highest BCUT2D eigenvalue weighted by molar-refractivity contribution is 8.01. The number of anilines is 1. The average Bonchev–Trinajstić information content (AvgIpc) is 3.11. The maximum Gasteiger partial charge on any atom is 0.236 e. The molecule has 0 atom stereocenters. The summed E-state index contributed by atoms with van der Waals surface area (Å²) in [5, 5.41) is 20.2. The molecular formula is C14H20N6OS3. The molecule has 2 aromatic rings. The summed E-state index contributed by atoms with van der Waals surface area (Å²) in [4.78, 5) is 12.1. The maximum atomic E-state index is 12.1. The number of hydrogen-bond donors (Lipinski definition) is 1. The van der Waals surface area contributed by atoms with E-state index in [0.717, 1.165) is 15.9 Å². The molecule has 0 fully saturated rings. The Kier molecular flexibility index (Phi) is 7.25. The molecule has 0 saturated heterocycles. The summed E-state index contributed by atoms with van der Waals surface area (Å²) < 4.78 is 2.78. The van der Waals surface area contributed by atoms with E-state index in [1.54, 1.807) is 17.8 Å². The summed E-state index contributed by atoms with van der Waals surface area (Å²) in [6.45, 7) is 10.5. The van der Waals surface area contributed by atoms with Crippen LogP contribution in [0.2, 0.25) is 0 Å². The molecule has 0 saturated carbocycles.